The van der Waals surface area contributed by atoms with Crippen LogP contribution < -0.4 is 5.73 Å². The number of nitrogens with two attached hydrogens (primary N) is 1. The van der Waals surface area contributed by atoms with Gasteiger partial charge in [-0.15, -0.1) is 11.3 Å². The molecule has 98 valence electrons. The van der Waals surface area contributed by atoms with Crippen LogP contribution in [0, 0.1) is 0 Å². The van der Waals surface area contributed by atoms with Crippen molar-refractivity contribution < 1.29 is 4.52 Å². The molecule has 3 aromatic heterocycles. The van der Waals surface area contributed by atoms with Crippen molar-refractivity contribution in [3.05, 3.63) is 33.8 Å². The summed E-state index contributed by atoms with van der Waals surface area (Å²) in [7, 11) is 0. The lowest BCUT2D eigenvalue weighted by Crippen LogP contribution is -1.91. The zero-order valence-corrected chi connectivity index (χ0v) is 11.7. The van der Waals surface area contributed by atoms with Crippen LogP contribution >= 0.6 is 22.7 Å². The van der Waals surface area contributed by atoms with E-state index in [1.807, 2.05) is 22.2 Å². The van der Waals surface area contributed by atoms with Gasteiger partial charge >= 0.3 is 0 Å². The molecule has 3 rings (SSSR count). The van der Waals surface area contributed by atoms with E-state index in [0.717, 1.165) is 30.5 Å². The molecule has 0 bridgehead atoms. The second-order valence-corrected chi connectivity index (χ2v) is 5.72. The minimum Gasteiger partial charge on any atom is -0.375 e. The molecule has 3 aromatic rings. The summed E-state index contributed by atoms with van der Waals surface area (Å²) in [6, 6.07) is 1.98. The van der Waals surface area contributed by atoms with Crippen molar-refractivity contribution in [2.75, 3.05) is 5.73 Å². The van der Waals surface area contributed by atoms with Gasteiger partial charge in [-0.25, -0.2) is 4.98 Å². The molecular formula is C12H12N4OS2. The monoisotopic (exact) mass is 292 g/mol. The van der Waals surface area contributed by atoms with Crippen LogP contribution in [0.25, 0.3) is 11.4 Å². The van der Waals surface area contributed by atoms with E-state index in [-0.39, 0.29) is 0 Å². The molecule has 0 aliphatic rings. The Bertz CT molecular complexity index is 644. The maximum Gasteiger partial charge on any atom is 0.226 e. The van der Waals surface area contributed by atoms with Crippen LogP contribution in [0.2, 0.25) is 0 Å². The normalized spacial score (nSPS) is 10.9. The number of hydrogen-bond donors (Lipinski definition) is 1. The van der Waals surface area contributed by atoms with E-state index in [9.17, 15) is 0 Å². The fourth-order valence-corrected chi connectivity index (χ4v) is 2.96. The Kier molecular flexibility index (Phi) is 3.56. The molecule has 0 aliphatic heterocycles. The molecule has 0 atom stereocenters. The number of anilines is 1. The van der Waals surface area contributed by atoms with E-state index in [0.29, 0.717) is 16.8 Å². The van der Waals surface area contributed by atoms with Gasteiger partial charge in [0.15, 0.2) is 5.13 Å². The third-order valence-corrected chi connectivity index (χ3v) is 4.05. The van der Waals surface area contributed by atoms with E-state index in [1.54, 1.807) is 11.3 Å². The van der Waals surface area contributed by atoms with Crippen molar-refractivity contribution in [2.45, 2.75) is 19.3 Å². The van der Waals surface area contributed by atoms with E-state index < -0.39 is 0 Å². The van der Waals surface area contributed by atoms with Gasteiger partial charge in [0, 0.05) is 22.7 Å². The maximum atomic E-state index is 5.59. The van der Waals surface area contributed by atoms with Crippen LogP contribution in [0.3, 0.4) is 0 Å². The average molecular weight is 292 g/mol. The Morgan fingerprint density at radius 1 is 1.21 bits per heavy atom. The molecule has 0 aliphatic carbocycles. The summed E-state index contributed by atoms with van der Waals surface area (Å²) >= 11 is 3.09. The van der Waals surface area contributed by atoms with Crippen LogP contribution in [-0.2, 0) is 12.8 Å². The third-order valence-electron chi connectivity index (χ3n) is 2.64. The third kappa shape index (κ3) is 2.99. The quantitative estimate of drug-likeness (QED) is 0.782. The van der Waals surface area contributed by atoms with Gasteiger partial charge < -0.3 is 10.3 Å². The van der Waals surface area contributed by atoms with Crippen molar-refractivity contribution >= 4 is 27.8 Å². The first-order valence-corrected chi connectivity index (χ1v) is 7.68. The van der Waals surface area contributed by atoms with Crippen LogP contribution in [0.4, 0.5) is 5.13 Å². The summed E-state index contributed by atoms with van der Waals surface area (Å²) in [5.74, 6) is 1.33. The van der Waals surface area contributed by atoms with Crippen molar-refractivity contribution in [1.29, 1.82) is 0 Å². The summed E-state index contributed by atoms with van der Waals surface area (Å²) in [6.07, 6.45) is 2.56. The lowest BCUT2D eigenvalue weighted by Gasteiger charge is -1.93. The molecule has 5 nitrogen and oxygen atoms in total. The Balaban J connectivity index is 1.56. The Hall–Kier alpha value is -1.73. The smallest absolute Gasteiger partial charge is 0.226 e. The van der Waals surface area contributed by atoms with Crippen LogP contribution in [0.5, 0.6) is 0 Å². The molecule has 0 unspecified atom stereocenters. The molecule has 7 heteroatoms. The molecule has 0 radical (unpaired) electrons. The Morgan fingerprint density at radius 3 is 2.89 bits per heavy atom. The number of nitrogen functional groups attached to an aromatic ring is 1. The van der Waals surface area contributed by atoms with Gasteiger partial charge in [0.25, 0.3) is 0 Å². The second kappa shape index (κ2) is 5.50. The van der Waals surface area contributed by atoms with E-state index >= 15 is 0 Å². The number of thiazole rings is 1. The van der Waals surface area contributed by atoms with Gasteiger partial charge in [-0.3, -0.25) is 0 Å². The highest BCUT2D eigenvalue weighted by atomic mass is 32.1. The number of nitrogens with zero attached hydrogens (tertiary/aromatic N) is 3. The van der Waals surface area contributed by atoms with Gasteiger partial charge in [0.05, 0.1) is 5.69 Å². The predicted molar refractivity (Wildman–Crippen MR) is 76.2 cm³/mol. The Morgan fingerprint density at radius 2 is 2.16 bits per heavy atom. The molecule has 0 saturated heterocycles. The summed E-state index contributed by atoms with van der Waals surface area (Å²) in [5, 5.41) is 10.6. The number of aryl methyl sites for hydroxylation is 2. The maximum absolute atomic E-state index is 5.59. The number of rotatable bonds is 5. The number of thiophene rings is 1. The van der Waals surface area contributed by atoms with Gasteiger partial charge in [-0.05, 0) is 24.3 Å². The lowest BCUT2D eigenvalue weighted by molar-refractivity contribution is 0.376. The van der Waals surface area contributed by atoms with Crippen molar-refractivity contribution in [3.63, 3.8) is 0 Å². The minimum absolute atomic E-state index is 0.618. The lowest BCUT2D eigenvalue weighted by atomic mass is 10.2. The molecule has 0 amide bonds. The van der Waals surface area contributed by atoms with Gasteiger partial charge in [-0.1, -0.05) is 5.16 Å². The van der Waals surface area contributed by atoms with Gasteiger partial charge in [-0.2, -0.15) is 16.3 Å². The van der Waals surface area contributed by atoms with Crippen molar-refractivity contribution in [3.8, 4) is 11.4 Å². The minimum atomic E-state index is 0.618. The topological polar surface area (TPSA) is 77.8 Å². The molecule has 19 heavy (non-hydrogen) atoms. The van der Waals surface area contributed by atoms with E-state index in [2.05, 4.69) is 15.1 Å². The summed E-state index contributed by atoms with van der Waals surface area (Å²) in [4.78, 5) is 8.59. The first kappa shape index (κ1) is 12.3. The standard InChI is InChI=1S/C12H12N4OS2/c13-12-14-9(7-19-12)2-1-3-10-15-11(16-17-10)8-4-5-18-6-8/h4-7H,1-3H2,(H2,13,14). The molecule has 2 N–H and O–H groups in total. The average Bonchev–Trinajstić information content (AvgIpc) is 3.09. The summed E-state index contributed by atoms with van der Waals surface area (Å²) in [5.41, 5.74) is 7.62. The molecule has 0 spiro atoms. The number of hydrogen-bond acceptors (Lipinski definition) is 7. The Labute approximate surface area is 118 Å². The van der Waals surface area contributed by atoms with Crippen LogP contribution in [-0.4, -0.2) is 15.1 Å². The molecule has 0 aromatic carbocycles. The van der Waals surface area contributed by atoms with Gasteiger partial charge in [0.1, 0.15) is 0 Å². The van der Waals surface area contributed by atoms with Crippen LogP contribution in [0.1, 0.15) is 18.0 Å². The van der Waals surface area contributed by atoms with Crippen LogP contribution in [0.15, 0.2) is 26.7 Å². The predicted octanol–water partition coefficient (Wildman–Crippen LogP) is 3.01. The van der Waals surface area contributed by atoms with Gasteiger partial charge in [0.2, 0.25) is 11.7 Å². The number of aromatic nitrogens is 3. The fourth-order valence-electron chi connectivity index (χ4n) is 1.72. The molecule has 0 fully saturated rings. The highest BCUT2D eigenvalue weighted by Gasteiger charge is 2.09. The van der Waals surface area contributed by atoms with Crippen molar-refractivity contribution in [2.24, 2.45) is 0 Å². The summed E-state index contributed by atoms with van der Waals surface area (Å²) < 4.78 is 5.23. The highest BCUT2D eigenvalue weighted by Crippen LogP contribution is 2.19. The largest absolute Gasteiger partial charge is 0.375 e. The van der Waals surface area contributed by atoms with Crippen molar-refractivity contribution in [1.82, 2.24) is 15.1 Å². The zero-order valence-electron chi connectivity index (χ0n) is 10.1. The molecule has 3 heterocycles. The highest BCUT2D eigenvalue weighted by molar-refractivity contribution is 7.13. The van der Waals surface area contributed by atoms with E-state index in [1.165, 1.54) is 11.3 Å². The first-order chi connectivity index (χ1) is 9.31. The first-order valence-electron chi connectivity index (χ1n) is 5.86. The van der Waals surface area contributed by atoms with E-state index in [4.69, 9.17) is 10.3 Å². The second-order valence-electron chi connectivity index (χ2n) is 4.05. The SMILES string of the molecule is Nc1nc(CCCc2nc(-c3ccsc3)no2)cs1. The molecular weight excluding hydrogens is 280 g/mol. The summed E-state index contributed by atoms with van der Waals surface area (Å²) in [6.45, 7) is 0. The molecule has 0 saturated carbocycles. The zero-order chi connectivity index (χ0) is 13.1. The fraction of sp³-hybridized carbons (Fsp3) is 0.250.